The molecule has 0 fully saturated rings. The highest BCUT2D eigenvalue weighted by atomic mass is 32.1. The molecule has 1 aromatic carbocycles. The van der Waals surface area contributed by atoms with E-state index in [1.54, 1.807) is 17.5 Å². The predicted octanol–water partition coefficient (Wildman–Crippen LogP) is 3.57. The lowest BCUT2D eigenvalue weighted by Gasteiger charge is -2.08. The molecule has 4 rings (SSSR count). The maximum atomic E-state index is 4.70. The molecule has 4 nitrogen and oxygen atoms in total. The highest BCUT2D eigenvalue weighted by Crippen LogP contribution is 2.27. The molecular weight excluding hydrogens is 268 g/mol. The quantitative estimate of drug-likeness (QED) is 0.564. The molecule has 0 atom stereocenters. The van der Waals surface area contributed by atoms with Gasteiger partial charge in [0.25, 0.3) is 0 Å². The number of aromatic nitrogens is 4. The Morgan fingerprint density at radius 3 is 3.05 bits per heavy atom. The van der Waals surface area contributed by atoms with Gasteiger partial charge in [-0.25, -0.2) is 14.5 Å². The smallest absolute Gasteiger partial charge is 0.153 e. The Morgan fingerprint density at radius 1 is 1.20 bits per heavy atom. The molecule has 0 aliphatic carbocycles. The maximum absolute atomic E-state index is 4.70. The first-order valence-electron chi connectivity index (χ1n) is 6.52. The Kier molecular flexibility index (Phi) is 2.53. The highest BCUT2D eigenvalue weighted by molar-refractivity contribution is 7.16. The molecule has 0 saturated heterocycles. The van der Waals surface area contributed by atoms with Crippen LogP contribution in [0.25, 0.3) is 27.1 Å². The van der Waals surface area contributed by atoms with E-state index in [0.29, 0.717) is 0 Å². The van der Waals surface area contributed by atoms with E-state index < -0.39 is 0 Å². The van der Waals surface area contributed by atoms with Crippen molar-refractivity contribution in [2.75, 3.05) is 0 Å². The van der Waals surface area contributed by atoms with Gasteiger partial charge < -0.3 is 0 Å². The van der Waals surface area contributed by atoms with E-state index in [9.17, 15) is 0 Å². The van der Waals surface area contributed by atoms with E-state index >= 15 is 0 Å². The van der Waals surface area contributed by atoms with E-state index in [-0.39, 0.29) is 0 Å². The lowest BCUT2D eigenvalue weighted by atomic mass is 10.0. The maximum Gasteiger partial charge on any atom is 0.153 e. The van der Waals surface area contributed by atoms with Gasteiger partial charge in [-0.3, -0.25) is 0 Å². The van der Waals surface area contributed by atoms with Crippen molar-refractivity contribution in [3.05, 3.63) is 47.7 Å². The van der Waals surface area contributed by atoms with Crippen molar-refractivity contribution in [1.29, 1.82) is 0 Å². The van der Waals surface area contributed by atoms with Crippen molar-refractivity contribution in [2.45, 2.75) is 13.3 Å². The van der Waals surface area contributed by atoms with Crippen LogP contribution in [0.2, 0.25) is 0 Å². The van der Waals surface area contributed by atoms with E-state index in [1.165, 1.54) is 10.3 Å². The third-order valence-corrected chi connectivity index (χ3v) is 4.26. The lowest BCUT2D eigenvalue weighted by molar-refractivity contribution is 0.921. The molecule has 0 aliphatic rings. The molecule has 0 spiro atoms. The summed E-state index contributed by atoms with van der Waals surface area (Å²) in [4.78, 5) is 8.68. The van der Waals surface area contributed by atoms with Crippen LogP contribution < -0.4 is 0 Å². The number of benzene rings is 1. The number of fused-ring (bicyclic) bond motifs is 2. The molecule has 0 radical (unpaired) electrons. The molecule has 0 bridgehead atoms. The first kappa shape index (κ1) is 11.5. The minimum absolute atomic E-state index is 0.889. The number of hydrogen-bond donors (Lipinski definition) is 0. The molecule has 0 aliphatic heterocycles. The Balaban J connectivity index is 1.98. The topological polar surface area (TPSA) is 43.1 Å². The van der Waals surface area contributed by atoms with Crippen molar-refractivity contribution in [2.24, 2.45) is 0 Å². The Labute approximate surface area is 119 Å². The summed E-state index contributed by atoms with van der Waals surface area (Å²) in [5.41, 5.74) is 7.12. The summed E-state index contributed by atoms with van der Waals surface area (Å²) in [6.45, 7) is 2.14. The van der Waals surface area contributed by atoms with Gasteiger partial charge in [-0.2, -0.15) is 5.10 Å². The minimum Gasteiger partial charge on any atom is -0.245 e. The zero-order chi connectivity index (χ0) is 13.5. The van der Waals surface area contributed by atoms with Crippen LogP contribution in [0, 0.1) is 0 Å². The number of hydrogen-bond acceptors (Lipinski definition) is 4. The molecule has 0 saturated carbocycles. The van der Waals surface area contributed by atoms with Crippen molar-refractivity contribution < 1.29 is 0 Å². The van der Waals surface area contributed by atoms with Gasteiger partial charge in [0.2, 0.25) is 0 Å². The highest BCUT2D eigenvalue weighted by Gasteiger charge is 2.10. The number of rotatable bonds is 2. The Hall–Kier alpha value is -2.27. The second kappa shape index (κ2) is 4.38. The molecule has 3 aromatic heterocycles. The minimum atomic E-state index is 0.889. The number of thiazole rings is 1. The van der Waals surface area contributed by atoms with Crippen molar-refractivity contribution in [1.82, 2.24) is 19.6 Å². The molecule has 20 heavy (non-hydrogen) atoms. The Bertz CT molecular complexity index is 906. The fourth-order valence-electron chi connectivity index (χ4n) is 2.41. The summed E-state index contributed by atoms with van der Waals surface area (Å²) in [7, 11) is 0. The molecule has 3 heterocycles. The lowest BCUT2D eigenvalue weighted by Crippen LogP contribution is -1.99. The number of imidazole rings is 1. The summed E-state index contributed by atoms with van der Waals surface area (Å²) in [5.74, 6) is 0. The van der Waals surface area contributed by atoms with E-state index in [4.69, 9.17) is 5.10 Å². The van der Waals surface area contributed by atoms with Crippen LogP contribution in [0.15, 0.2) is 42.2 Å². The zero-order valence-electron chi connectivity index (χ0n) is 10.9. The summed E-state index contributed by atoms with van der Waals surface area (Å²) in [6.07, 6.45) is 4.58. The monoisotopic (exact) mass is 280 g/mol. The van der Waals surface area contributed by atoms with Gasteiger partial charge in [0.15, 0.2) is 5.65 Å². The average Bonchev–Trinajstić information content (AvgIpc) is 3.13. The summed E-state index contributed by atoms with van der Waals surface area (Å²) in [6, 6.07) is 8.44. The second-order valence-electron chi connectivity index (χ2n) is 4.64. The fraction of sp³-hybridized carbons (Fsp3) is 0.133. The first-order chi connectivity index (χ1) is 9.85. The van der Waals surface area contributed by atoms with Crippen molar-refractivity contribution in [3.63, 3.8) is 0 Å². The number of aryl methyl sites for hydroxylation is 1. The van der Waals surface area contributed by atoms with Crippen LogP contribution in [0.3, 0.4) is 0 Å². The van der Waals surface area contributed by atoms with Gasteiger partial charge in [-0.1, -0.05) is 13.0 Å². The van der Waals surface area contributed by atoms with Crippen LogP contribution in [0.4, 0.5) is 0 Å². The van der Waals surface area contributed by atoms with Crippen molar-refractivity contribution >= 4 is 27.2 Å². The van der Waals surface area contributed by atoms with Crippen molar-refractivity contribution in [3.8, 4) is 11.3 Å². The van der Waals surface area contributed by atoms with Crippen LogP contribution in [-0.4, -0.2) is 19.6 Å². The largest absolute Gasteiger partial charge is 0.245 e. The van der Waals surface area contributed by atoms with Crippen LogP contribution in [0.1, 0.15) is 12.5 Å². The molecule has 0 N–H and O–H groups in total. The average molecular weight is 280 g/mol. The molecule has 4 aromatic rings. The van der Waals surface area contributed by atoms with Gasteiger partial charge in [0.1, 0.15) is 0 Å². The molecule has 5 heteroatoms. The SMILES string of the molecule is CCc1cc2nccn2nc1-c1ccc2scnc2c1. The van der Waals surface area contributed by atoms with E-state index in [2.05, 4.69) is 41.2 Å². The standard InChI is InChI=1S/C15H12N4S/c1-2-10-8-14-16-5-6-19(14)18-15(10)11-3-4-13-12(7-11)17-9-20-13/h3-9H,2H2,1H3. The first-order valence-corrected chi connectivity index (χ1v) is 7.40. The van der Waals surface area contributed by atoms with Gasteiger partial charge in [-0.05, 0) is 30.2 Å². The molecule has 0 amide bonds. The number of nitrogens with zero attached hydrogens (tertiary/aromatic N) is 4. The van der Waals surface area contributed by atoms with E-state index in [0.717, 1.165) is 28.8 Å². The predicted molar refractivity (Wildman–Crippen MR) is 81.0 cm³/mol. The zero-order valence-corrected chi connectivity index (χ0v) is 11.8. The third-order valence-electron chi connectivity index (χ3n) is 3.45. The van der Waals surface area contributed by atoms with Crippen LogP contribution >= 0.6 is 11.3 Å². The summed E-state index contributed by atoms with van der Waals surface area (Å²) < 4.78 is 3.02. The van der Waals surface area contributed by atoms with Gasteiger partial charge in [0, 0.05) is 18.0 Å². The summed E-state index contributed by atoms with van der Waals surface area (Å²) >= 11 is 1.66. The molecule has 98 valence electrons. The van der Waals surface area contributed by atoms with E-state index in [1.807, 2.05) is 16.2 Å². The normalized spacial score (nSPS) is 11.4. The molecular formula is C15H12N4S. The van der Waals surface area contributed by atoms with Crippen LogP contribution in [0.5, 0.6) is 0 Å². The van der Waals surface area contributed by atoms with Gasteiger partial charge in [0.05, 0.1) is 21.4 Å². The van der Waals surface area contributed by atoms with Gasteiger partial charge in [-0.15, -0.1) is 11.3 Å². The second-order valence-corrected chi connectivity index (χ2v) is 5.52. The molecule has 0 unspecified atom stereocenters. The summed E-state index contributed by atoms with van der Waals surface area (Å²) in [5, 5.41) is 4.70. The van der Waals surface area contributed by atoms with Crippen LogP contribution in [-0.2, 0) is 6.42 Å². The van der Waals surface area contributed by atoms with Gasteiger partial charge >= 0.3 is 0 Å². The Morgan fingerprint density at radius 2 is 2.15 bits per heavy atom. The fourth-order valence-corrected chi connectivity index (χ4v) is 3.07. The third kappa shape index (κ3) is 1.71.